The average molecular weight is 262 g/mol. The van der Waals surface area contributed by atoms with E-state index in [1.54, 1.807) is 0 Å². The molecule has 0 aromatic heterocycles. The van der Waals surface area contributed by atoms with Crippen LogP contribution in [-0.4, -0.2) is 30.1 Å². The van der Waals surface area contributed by atoms with E-state index in [1.165, 1.54) is 37.8 Å². The number of fused-ring (bicyclic) bond motifs is 2. The minimum absolute atomic E-state index is 0.172. The number of hydrogen-bond acceptors (Lipinski definition) is 2. The second-order valence-corrected chi connectivity index (χ2v) is 6.28. The van der Waals surface area contributed by atoms with Gasteiger partial charge >= 0.3 is 0 Å². The third kappa shape index (κ3) is 2.67. The lowest BCUT2D eigenvalue weighted by molar-refractivity contribution is 0.120. The summed E-state index contributed by atoms with van der Waals surface area (Å²) in [5.74, 6) is 0.452. The molecule has 1 aromatic carbocycles. The van der Waals surface area contributed by atoms with Crippen molar-refractivity contribution < 1.29 is 4.39 Å². The zero-order chi connectivity index (χ0) is 13.4. The Balaban J connectivity index is 1.62. The minimum atomic E-state index is -0.172. The van der Waals surface area contributed by atoms with Crippen LogP contribution in [0, 0.1) is 11.7 Å². The maximum atomic E-state index is 12.9. The number of piperidine rings is 1. The highest BCUT2D eigenvalue weighted by Crippen LogP contribution is 2.38. The van der Waals surface area contributed by atoms with E-state index in [4.69, 9.17) is 5.73 Å². The second-order valence-electron chi connectivity index (χ2n) is 6.28. The van der Waals surface area contributed by atoms with E-state index in [9.17, 15) is 4.39 Å². The van der Waals surface area contributed by atoms with Gasteiger partial charge in [-0.3, -0.25) is 0 Å². The molecule has 2 aliphatic heterocycles. The molecule has 2 nitrogen and oxygen atoms in total. The lowest BCUT2D eigenvalue weighted by Gasteiger charge is -2.38. The topological polar surface area (TPSA) is 29.3 Å². The van der Waals surface area contributed by atoms with Crippen molar-refractivity contribution in [1.29, 1.82) is 0 Å². The lowest BCUT2D eigenvalue weighted by atomic mass is 9.83. The third-order valence-electron chi connectivity index (χ3n) is 5.12. The zero-order valence-electron chi connectivity index (χ0n) is 11.6. The van der Waals surface area contributed by atoms with Crippen molar-refractivity contribution in [2.45, 2.75) is 50.2 Å². The van der Waals surface area contributed by atoms with E-state index < -0.39 is 0 Å². The van der Waals surface area contributed by atoms with E-state index in [2.05, 4.69) is 11.9 Å². The van der Waals surface area contributed by atoms with Gasteiger partial charge in [0.1, 0.15) is 5.82 Å². The zero-order valence-corrected chi connectivity index (χ0v) is 11.6. The highest BCUT2D eigenvalue weighted by molar-refractivity contribution is 5.17. The summed E-state index contributed by atoms with van der Waals surface area (Å²) in [6.45, 7) is 0. The number of hydrogen-bond donors (Lipinski definition) is 1. The number of nitrogens with zero attached hydrogens (tertiary/aromatic N) is 1. The summed E-state index contributed by atoms with van der Waals surface area (Å²) in [6.07, 6.45) is 6.00. The first kappa shape index (κ1) is 13.1. The summed E-state index contributed by atoms with van der Waals surface area (Å²) in [5, 5.41) is 0. The first-order chi connectivity index (χ1) is 9.13. The van der Waals surface area contributed by atoms with Crippen LogP contribution < -0.4 is 5.73 Å². The molecule has 2 bridgehead atoms. The standard InChI is InChI=1S/C16H23FN2/c1-19-14-6-7-15(19)10-12(9-14)16(18)8-11-2-4-13(17)5-3-11/h2-5,12,14-16H,6-10,18H2,1H3. The fourth-order valence-electron chi connectivity index (χ4n) is 3.86. The molecular weight excluding hydrogens is 239 g/mol. The monoisotopic (exact) mass is 262 g/mol. The molecule has 2 fully saturated rings. The van der Waals surface area contributed by atoms with Gasteiger partial charge in [-0.15, -0.1) is 0 Å². The maximum absolute atomic E-state index is 12.9. The van der Waals surface area contributed by atoms with Crippen LogP contribution in [0.15, 0.2) is 24.3 Å². The molecule has 0 radical (unpaired) electrons. The Morgan fingerprint density at radius 3 is 2.37 bits per heavy atom. The van der Waals surface area contributed by atoms with Gasteiger partial charge in [0, 0.05) is 18.1 Å². The molecule has 3 rings (SSSR count). The van der Waals surface area contributed by atoms with E-state index in [0.717, 1.165) is 24.1 Å². The largest absolute Gasteiger partial charge is 0.327 e. The lowest BCUT2D eigenvalue weighted by Crippen LogP contribution is -2.46. The van der Waals surface area contributed by atoms with Crippen molar-refractivity contribution >= 4 is 0 Å². The van der Waals surface area contributed by atoms with Crippen LogP contribution in [0.3, 0.4) is 0 Å². The van der Waals surface area contributed by atoms with Gasteiger partial charge in [-0.2, -0.15) is 0 Å². The van der Waals surface area contributed by atoms with E-state index >= 15 is 0 Å². The molecule has 1 aromatic rings. The molecule has 3 heteroatoms. The molecule has 0 spiro atoms. The van der Waals surface area contributed by atoms with Crippen LogP contribution in [0.2, 0.25) is 0 Å². The number of benzene rings is 1. The van der Waals surface area contributed by atoms with Gasteiger partial charge in [0.25, 0.3) is 0 Å². The minimum Gasteiger partial charge on any atom is -0.327 e. The number of halogens is 1. The van der Waals surface area contributed by atoms with Crippen molar-refractivity contribution in [1.82, 2.24) is 4.90 Å². The van der Waals surface area contributed by atoms with Crippen molar-refractivity contribution in [2.75, 3.05) is 7.05 Å². The summed E-state index contributed by atoms with van der Waals surface area (Å²) in [4.78, 5) is 2.54. The summed E-state index contributed by atoms with van der Waals surface area (Å²) >= 11 is 0. The Bertz CT molecular complexity index is 417. The molecule has 19 heavy (non-hydrogen) atoms. The first-order valence-corrected chi connectivity index (χ1v) is 7.35. The number of rotatable bonds is 3. The van der Waals surface area contributed by atoms with Crippen LogP contribution in [0.25, 0.3) is 0 Å². The fourth-order valence-corrected chi connectivity index (χ4v) is 3.86. The molecule has 0 saturated carbocycles. The SMILES string of the molecule is CN1C2CCC1CC(C(N)Cc1ccc(F)cc1)C2. The quantitative estimate of drug-likeness (QED) is 0.907. The Kier molecular flexibility index (Phi) is 3.59. The Labute approximate surface area is 114 Å². The average Bonchev–Trinajstić information content (AvgIpc) is 2.64. The maximum Gasteiger partial charge on any atom is 0.123 e. The molecule has 2 saturated heterocycles. The van der Waals surface area contributed by atoms with Crippen molar-refractivity contribution in [2.24, 2.45) is 11.7 Å². The van der Waals surface area contributed by atoms with Crippen LogP contribution >= 0.6 is 0 Å². The second kappa shape index (κ2) is 5.22. The fraction of sp³-hybridized carbons (Fsp3) is 0.625. The Morgan fingerprint density at radius 1 is 1.21 bits per heavy atom. The van der Waals surface area contributed by atoms with Crippen molar-refractivity contribution in [3.8, 4) is 0 Å². The van der Waals surface area contributed by atoms with E-state index in [-0.39, 0.29) is 11.9 Å². The first-order valence-electron chi connectivity index (χ1n) is 7.35. The van der Waals surface area contributed by atoms with Gasteiger partial charge < -0.3 is 10.6 Å². The predicted molar refractivity (Wildman–Crippen MR) is 75.4 cm³/mol. The molecule has 0 aliphatic carbocycles. The van der Waals surface area contributed by atoms with Gasteiger partial charge in [0.2, 0.25) is 0 Å². The molecule has 104 valence electrons. The van der Waals surface area contributed by atoms with Gasteiger partial charge in [0.05, 0.1) is 0 Å². The molecule has 2 heterocycles. The van der Waals surface area contributed by atoms with E-state index in [0.29, 0.717) is 5.92 Å². The third-order valence-corrected chi connectivity index (χ3v) is 5.12. The van der Waals surface area contributed by atoms with Crippen LogP contribution in [0.1, 0.15) is 31.2 Å². The molecule has 2 N–H and O–H groups in total. The van der Waals surface area contributed by atoms with Crippen molar-refractivity contribution in [3.05, 3.63) is 35.6 Å². The smallest absolute Gasteiger partial charge is 0.123 e. The Morgan fingerprint density at radius 2 is 1.79 bits per heavy atom. The number of nitrogens with two attached hydrogens (primary N) is 1. The van der Waals surface area contributed by atoms with Gasteiger partial charge in [0.15, 0.2) is 0 Å². The van der Waals surface area contributed by atoms with Crippen molar-refractivity contribution in [3.63, 3.8) is 0 Å². The Hall–Kier alpha value is -0.930. The highest BCUT2D eigenvalue weighted by atomic mass is 19.1. The van der Waals surface area contributed by atoms with Crippen LogP contribution in [-0.2, 0) is 6.42 Å². The summed E-state index contributed by atoms with van der Waals surface area (Å²) in [7, 11) is 2.25. The van der Waals surface area contributed by atoms with Gasteiger partial charge in [-0.05, 0) is 62.8 Å². The molecule has 0 amide bonds. The molecule has 3 unspecified atom stereocenters. The highest BCUT2D eigenvalue weighted by Gasteiger charge is 2.40. The summed E-state index contributed by atoms with van der Waals surface area (Å²) < 4.78 is 12.9. The van der Waals surface area contributed by atoms with Crippen LogP contribution in [0.5, 0.6) is 0 Å². The van der Waals surface area contributed by atoms with Gasteiger partial charge in [-0.1, -0.05) is 12.1 Å². The molecule has 2 aliphatic rings. The predicted octanol–water partition coefficient (Wildman–Crippen LogP) is 2.57. The van der Waals surface area contributed by atoms with Crippen LogP contribution in [0.4, 0.5) is 4.39 Å². The van der Waals surface area contributed by atoms with Gasteiger partial charge in [-0.25, -0.2) is 4.39 Å². The molecular formula is C16H23FN2. The molecule has 3 atom stereocenters. The summed E-state index contributed by atoms with van der Waals surface area (Å²) in [5.41, 5.74) is 7.56. The normalized spacial score (nSPS) is 32.5. The van der Waals surface area contributed by atoms with E-state index in [1.807, 2.05) is 12.1 Å². The summed E-state index contributed by atoms with van der Waals surface area (Å²) in [6, 6.07) is 8.46.